The number of hydrogen-bond donors (Lipinski definition) is 1. The molecule has 0 unspecified atom stereocenters. The van der Waals surface area contributed by atoms with E-state index in [4.69, 9.17) is 18.6 Å². The summed E-state index contributed by atoms with van der Waals surface area (Å²) in [4.78, 5) is 15.4. The maximum absolute atomic E-state index is 13.0. The zero-order valence-electron chi connectivity index (χ0n) is 19.2. The third-order valence-electron chi connectivity index (χ3n) is 6.06. The first-order valence-electron chi connectivity index (χ1n) is 11.4. The SMILES string of the molecule is COc1ccc(-c2cc(=O)c3c(OCCCCN4CCC(O)CC4)cc(OC)cc3o2)cc1. The summed E-state index contributed by atoms with van der Waals surface area (Å²) in [6.45, 7) is 3.38. The number of methoxy groups -OCH3 is 2. The average Bonchev–Trinajstić information content (AvgIpc) is 2.84. The van der Waals surface area contributed by atoms with E-state index in [1.54, 1.807) is 26.4 Å². The Balaban J connectivity index is 1.47. The van der Waals surface area contributed by atoms with Crippen LogP contribution in [0.15, 0.2) is 51.7 Å². The van der Waals surface area contributed by atoms with Crippen LogP contribution in [-0.4, -0.2) is 56.6 Å². The van der Waals surface area contributed by atoms with Crippen LogP contribution in [0.5, 0.6) is 17.2 Å². The van der Waals surface area contributed by atoms with E-state index < -0.39 is 0 Å². The molecule has 4 rings (SSSR count). The molecule has 1 fully saturated rings. The van der Waals surface area contributed by atoms with Crippen molar-refractivity contribution >= 4 is 11.0 Å². The minimum Gasteiger partial charge on any atom is -0.497 e. The molecule has 0 amide bonds. The molecule has 0 atom stereocenters. The van der Waals surface area contributed by atoms with Crippen molar-refractivity contribution in [2.75, 3.05) is 40.5 Å². The topological polar surface area (TPSA) is 81.4 Å². The molecule has 7 nitrogen and oxygen atoms in total. The van der Waals surface area contributed by atoms with E-state index in [1.165, 1.54) is 6.07 Å². The second-order valence-corrected chi connectivity index (χ2v) is 8.33. The monoisotopic (exact) mass is 453 g/mol. The molecule has 33 heavy (non-hydrogen) atoms. The molecule has 3 aromatic rings. The van der Waals surface area contributed by atoms with Crippen LogP contribution >= 0.6 is 0 Å². The number of rotatable bonds is 9. The van der Waals surface area contributed by atoms with Crippen LogP contribution in [0.1, 0.15) is 25.7 Å². The van der Waals surface area contributed by atoms with Crippen LogP contribution < -0.4 is 19.6 Å². The van der Waals surface area contributed by atoms with Crippen LogP contribution in [0, 0.1) is 0 Å². The van der Waals surface area contributed by atoms with Crippen molar-refractivity contribution < 1.29 is 23.7 Å². The molecule has 2 aromatic carbocycles. The number of piperidine rings is 1. The molecule has 1 aliphatic heterocycles. The second-order valence-electron chi connectivity index (χ2n) is 8.33. The summed E-state index contributed by atoms with van der Waals surface area (Å²) in [7, 11) is 3.18. The molecule has 1 aromatic heterocycles. The van der Waals surface area contributed by atoms with E-state index in [0.29, 0.717) is 34.8 Å². The lowest BCUT2D eigenvalue weighted by Gasteiger charge is -2.29. The summed E-state index contributed by atoms with van der Waals surface area (Å²) in [6, 6.07) is 12.3. The highest BCUT2D eigenvalue weighted by Crippen LogP contribution is 2.32. The first-order valence-corrected chi connectivity index (χ1v) is 11.4. The third kappa shape index (κ3) is 5.67. The quantitative estimate of drug-likeness (QED) is 0.489. The summed E-state index contributed by atoms with van der Waals surface area (Å²) in [5.74, 6) is 2.25. The summed E-state index contributed by atoms with van der Waals surface area (Å²) in [5.41, 5.74) is 1.05. The fraction of sp³-hybridized carbons (Fsp3) is 0.423. The first kappa shape index (κ1) is 23.1. The lowest BCUT2D eigenvalue weighted by atomic mass is 10.1. The number of nitrogens with zero attached hydrogens (tertiary/aromatic N) is 1. The highest BCUT2D eigenvalue weighted by atomic mass is 16.5. The van der Waals surface area contributed by atoms with Crippen molar-refractivity contribution in [1.29, 1.82) is 0 Å². The molecule has 1 saturated heterocycles. The van der Waals surface area contributed by atoms with E-state index in [1.807, 2.05) is 24.3 Å². The number of aliphatic hydroxyl groups excluding tert-OH is 1. The van der Waals surface area contributed by atoms with Gasteiger partial charge in [-0.15, -0.1) is 0 Å². The highest BCUT2D eigenvalue weighted by molar-refractivity contribution is 5.86. The normalized spacial score (nSPS) is 15.0. The summed E-state index contributed by atoms with van der Waals surface area (Å²) in [5, 5.41) is 10.0. The molecule has 176 valence electrons. The number of likely N-dealkylation sites (tertiary alicyclic amines) is 1. The Morgan fingerprint density at radius 1 is 1.00 bits per heavy atom. The van der Waals surface area contributed by atoms with Gasteiger partial charge in [0.25, 0.3) is 0 Å². The molecule has 7 heteroatoms. The van der Waals surface area contributed by atoms with Gasteiger partial charge in [-0.2, -0.15) is 0 Å². The van der Waals surface area contributed by atoms with Crippen molar-refractivity contribution in [3.05, 3.63) is 52.7 Å². The maximum atomic E-state index is 13.0. The number of hydrogen-bond acceptors (Lipinski definition) is 7. The van der Waals surface area contributed by atoms with Crippen LogP contribution in [0.3, 0.4) is 0 Å². The fourth-order valence-corrected chi connectivity index (χ4v) is 4.12. The third-order valence-corrected chi connectivity index (χ3v) is 6.06. The van der Waals surface area contributed by atoms with Gasteiger partial charge in [-0.05, 0) is 56.5 Å². The van der Waals surface area contributed by atoms with Crippen LogP contribution in [0.2, 0.25) is 0 Å². The lowest BCUT2D eigenvalue weighted by molar-refractivity contribution is 0.0812. The molecule has 0 radical (unpaired) electrons. The van der Waals surface area contributed by atoms with Crippen LogP contribution in [0.4, 0.5) is 0 Å². The van der Waals surface area contributed by atoms with Gasteiger partial charge in [0.2, 0.25) is 0 Å². The number of unbranched alkanes of at least 4 members (excludes halogenated alkanes) is 1. The molecular formula is C26H31NO6. The zero-order chi connectivity index (χ0) is 23.2. The Kier molecular flexibility index (Phi) is 7.52. The first-order chi connectivity index (χ1) is 16.1. The van der Waals surface area contributed by atoms with Gasteiger partial charge in [-0.25, -0.2) is 0 Å². The summed E-state index contributed by atoms with van der Waals surface area (Å²) >= 11 is 0. The highest BCUT2D eigenvalue weighted by Gasteiger charge is 2.17. The fourth-order valence-electron chi connectivity index (χ4n) is 4.12. The van der Waals surface area contributed by atoms with Crippen LogP contribution in [-0.2, 0) is 0 Å². The molecule has 0 aliphatic carbocycles. The molecule has 0 saturated carbocycles. The van der Waals surface area contributed by atoms with E-state index in [0.717, 1.165) is 56.6 Å². The zero-order valence-corrected chi connectivity index (χ0v) is 19.2. The Hall–Kier alpha value is -3.03. The minimum absolute atomic E-state index is 0.150. The molecule has 0 spiro atoms. The van der Waals surface area contributed by atoms with E-state index in [-0.39, 0.29) is 11.5 Å². The Morgan fingerprint density at radius 3 is 2.42 bits per heavy atom. The Bertz CT molecular complexity index is 1120. The molecule has 2 heterocycles. The van der Waals surface area contributed by atoms with Gasteiger partial charge >= 0.3 is 0 Å². The predicted molar refractivity (Wildman–Crippen MR) is 127 cm³/mol. The van der Waals surface area contributed by atoms with Crippen molar-refractivity contribution in [3.63, 3.8) is 0 Å². The molecule has 1 aliphatic rings. The minimum atomic E-state index is -0.161. The van der Waals surface area contributed by atoms with E-state index in [2.05, 4.69) is 4.90 Å². The Morgan fingerprint density at radius 2 is 1.73 bits per heavy atom. The molecule has 1 N–H and O–H groups in total. The lowest BCUT2D eigenvalue weighted by Crippen LogP contribution is -2.36. The number of aliphatic hydroxyl groups is 1. The maximum Gasteiger partial charge on any atom is 0.197 e. The summed E-state index contributed by atoms with van der Waals surface area (Å²) in [6.07, 6.45) is 3.41. The van der Waals surface area contributed by atoms with E-state index in [9.17, 15) is 9.90 Å². The van der Waals surface area contributed by atoms with Gasteiger partial charge in [0.05, 0.1) is 26.9 Å². The van der Waals surface area contributed by atoms with Gasteiger partial charge < -0.3 is 28.6 Å². The van der Waals surface area contributed by atoms with E-state index >= 15 is 0 Å². The van der Waals surface area contributed by atoms with Gasteiger partial charge in [-0.3, -0.25) is 4.79 Å². The summed E-state index contributed by atoms with van der Waals surface area (Å²) < 4.78 is 22.7. The number of fused-ring (bicyclic) bond motifs is 1. The standard InChI is InChI=1S/C26H31NO6/c1-30-20-7-5-18(6-8-20)23-17-22(29)26-24(15-21(31-2)16-25(26)33-23)32-14-4-3-11-27-12-9-19(28)10-13-27/h5-8,15-17,19,28H,3-4,9-14H2,1-2H3. The van der Waals surface area contributed by atoms with Crippen molar-refractivity contribution in [2.24, 2.45) is 0 Å². The van der Waals surface area contributed by atoms with Crippen molar-refractivity contribution in [3.8, 4) is 28.6 Å². The number of ether oxygens (including phenoxy) is 3. The largest absolute Gasteiger partial charge is 0.497 e. The van der Waals surface area contributed by atoms with Gasteiger partial charge in [0.15, 0.2) is 5.43 Å². The smallest absolute Gasteiger partial charge is 0.197 e. The average molecular weight is 454 g/mol. The predicted octanol–water partition coefficient (Wildman–Crippen LogP) is 4.09. The Labute approximate surface area is 193 Å². The van der Waals surface area contributed by atoms with Gasteiger partial charge in [0, 0.05) is 36.9 Å². The molecule has 0 bridgehead atoms. The van der Waals surface area contributed by atoms with Gasteiger partial charge in [-0.1, -0.05) is 0 Å². The van der Waals surface area contributed by atoms with Crippen molar-refractivity contribution in [1.82, 2.24) is 4.90 Å². The number of benzene rings is 2. The van der Waals surface area contributed by atoms with Gasteiger partial charge in [0.1, 0.15) is 34.0 Å². The molecular weight excluding hydrogens is 422 g/mol. The second kappa shape index (κ2) is 10.7. The van der Waals surface area contributed by atoms with Crippen molar-refractivity contribution in [2.45, 2.75) is 31.8 Å². The van der Waals surface area contributed by atoms with Crippen LogP contribution in [0.25, 0.3) is 22.3 Å².